The number of esters is 1. The number of methoxy groups -OCH3 is 1. The van der Waals surface area contributed by atoms with Crippen LogP contribution in [-0.2, 0) is 14.3 Å². The van der Waals surface area contributed by atoms with Gasteiger partial charge in [0.1, 0.15) is 12.4 Å². The van der Waals surface area contributed by atoms with Gasteiger partial charge in [-0.1, -0.05) is 23.7 Å². The Hall–Kier alpha value is -1.26. The van der Waals surface area contributed by atoms with Gasteiger partial charge in [0.15, 0.2) is 0 Å². The average Bonchev–Trinajstić information content (AvgIpc) is 2.50. The Bertz CT molecular complexity index is 443. The SMILES string of the molecule is COC(=O)C(COc1ccccc1Cl)C1CCOCC1. The summed E-state index contributed by atoms with van der Waals surface area (Å²) in [7, 11) is 1.41. The van der Waals surface area contributed by atoms with Gasteiger partial charge in [-0.3, -0.25) is 4.79 Å². The van der Waals surface area contributed by atoms with E-state index in [1.54, 1.807) is 12.1 Å². The summed E-state index contributed by atoms with van der Waals surface area (Å²) in [6.07, 6.45) is 1.71. The molecule has 0 spiro atoms. The van der Waals surface area contributed by atoms with Gasteiger partial charge in [-0.05, 0) is 30.9 Å². The molecule has 1 aliphatic heterocycles. The number of carbonyl (C=O) groups is 1. The molecule has 2 rings (SSSR count). The molecule has 1 saturated heterocycles. The molecule has 1 aromatic carbocycles. The van der Waals surface area contributed by atoms with Crippen LogP contribution in [0.3, 0.4) is 0 Å². The molecule has 0 bridgehead atoms. The standard InChI is InChI=1S/C15H19ClO4/c1-18-15(17)12(11-6-8-19-9-7-11)10-20-14-5-3-2-4-13(14)16/h2-5,11-12H,6-10H2,1H3. The van der Waals surface area contributed by atoms with Crippen LogP contribution in [0.15, 0.2) is 24.3 Å². The minimum atomic E-state index is -0.278. The third-order valence-corrected chi connectivity index (χ3v) is 3.91. The van der Waals surface area contributed by atoms with Crippen molar-refractivity contribution in [2.24, 2.45) is 11.8 Å². The van der Waals surface area contributed by atoms with Crippen LogP contribution in [0.1, 0.15) is 12.8 Å². The fraction of sp³-hybridized carbons (Fsp3) is 0.533. The zero-order valence-electron chi connectivity index (χ0n) is 11.5. The minimum absolute atomic E-state index is 0.232. The molecule has 1 fully saturated rings. The van der Waals surface area contributed by atoms with Crippen molar-refractivity contribution in [1.29, 1.82) is 0 Å². The van der Waals surface area contributed by atoms with Crippen LogP contribution in [0, 0.1) is 11.8 Å². The smallest absolute Gasteiger partial charge is 0.312 e. The summed E-state index contributed by atoms with van der Waals surface area (Å²) in [6.45, 7) is 1.65. The van der Waals surface area contributed by atoms with Gasteiger partial charge in [-0.15, -0.1) is 0 Å². The van der Waals surface area contributed by atoms with Gasteiger partial charge in [-0.25, -0.2) is 0 Å². The Morgan fingerprint density at radius 3 is 2.75 bits per heavy atom. The molecule has 1 aliphatic rings. The maximum atomic E-state index is 11.9. The summed E-state index contributed by atoms with van der Waals surface area (Å²) >= 11 is 6.05. The van der Waals surface area contributed by atoms with Crippen LogP contribution in [-0.4, -0.2) is 32.9 Å². The van der Waals surface area contributed by atoms with Crippen molar-refractivity contribution in [2.45, 2.75) is 12.8 Å². The monoisotopic (exact) mass is 298 g/mol. The molecule has 20 heavy (non-hydrogen) atoms. The van der Waals surface area contributed by atoms with E-state index in [1.807, 2.05) is 12.1 Å². The van der Waals surface area contributed by atoms with Crippen molar-refractivity contribution in [3.8, 4) is 5.75 Å². The Balaban J connectivity index is 2.00. The van der Waals surface area contributed by atoms with Crippen LogP contribution in [0.2, 0.25) is 5.02 Å². The van der Waals surface area contributed by atoms with E-state index < -0.39 is 0 Å². The molecule has 0 aromatic heterocycles. The molecule has 1 aromatic rings. The summed E-state index contributed by atoms with van der Waals surface area (Å²) in [4.78, 5) is 11.9. The normalized spacial score (nSPS) is 17.5. The second kappa shape index (κ2) is 7.50. The Morgan fingerprint density at radius 1 is 1.40 bits per heavy atom. The molecular weight excluding hydrogens is 280 g/mol. The van der Waals surface area contributed by atoms with Crippen LogP contribution in [0.5, 0.6) is 5.75 Å². The third kappa shape index (κ3) is 3.87. The first-order valence-electron chi connectivity index (χ1n) is 6.75. The van der Waals surface area contributed by atoms with Gasteiger partial charge in [0.2, 0.25) is 0 Å². The number of halogens is 1. The van der Waals surface area contributed by atoms with Crippen molar-refractivity contribution in [2.75, 3.05) is 26.9 Å². The zero-order valence-corrected chi connectivity index (χ0v) is 12.3. The van der Waals surface area contributed by atoms with Crippen LogP contribution in [0.25, 0.3) is 0 Å². The topological polar surface area (TPSA) is 44.8 Å². The molecule has 4 nitrogen and oxygen atoms in total. The van der Waals surface area contributed by atoms with E-state index in [0.29, 0.717) is 24.0 Å². The molecule has 5 heteroatoms. The molecule has 0 radical (unpaired) electrons. The van der Waals surface area contributed by atoms with Crippen molar-refractivity contribution < 1.29 is 19.0 Å². The first-order valence-corrected chi connectivity index (χ1v) is 7.13. The number of ether oxygens (including phenoxy) is 3. The number of para-hydroxylation sites is 1. The molecule has 0 amide bonds. The van der Waals surface area contributed by atoms with E-state index in [1.165, 1.54) is 7.11 Å². The Labute approximate surface area is 124 Å². The first-order chi connectivity index (χ1) is 9.72. The molecule has 1 atom stereocenters. The van der Waals surface area contributed by atoms with E-state index in [2.05, 4.69) is 0 Å². The lowest BCUT2D eigenvalue weighted by Gasteiger charge is -2.28. The predicted octanol–water partition coefficient (Wildman–Crippen LogP) is 2.93. The molecule has 0 saturated carbocycles. The second-order valence-electron chi connectivity index (χ2n) is 4.82. The summed E-state index contributed by atoms with van der Waals surface area (Å²) in [5, 5.41) is 0.545. The summed E-state index contributed by atoms with van der Waals surface area (Å²) in [6, 6.07) is 7.24. The highest BCUT2D eigenvalue weighted by Crippen LogP contribution is 2.28. The number of hydrogen-bond acceptors (Lipinski definition) is 4. The van der Waals surface area contributed by atoms with E-state index in [4.69, 9.17) is 25.8 Å². The fourth-order valence-electron chi connectivity index (χ4n) is 2.41. The lowest BCUT2D eigenvalue weighted by Crippen LogP contribution is -2.34. The zero-order chi connectivity index (χ0) is 14.4. The van der Waals surface area contributed by atoms with E-state index in [9.17, 15) is 4.79 Å². The third-order valence-electron chi connectivity index (χ3n) is 3.59. The summed E-state index contributed by atoms with van der Waals surface area (Å²) in [5.41, 5.74) is 0. The van der Waals surface area contributed by atoms with Gasteiger partial charge in [0.05, 0.1) is 18.1 Å². The maximum Gasteiger partial charge on any atom is 0.312 e. The van der Waals surface area contributed by atoms with Crippen molar-refractivity contribution in [3.63, 3.8) is 0 Å². The second-order valence-corrected chi connectivity index (χ2v) is 5.23. The largest absolute Gasteiger partial charge is 0.491 e. The first kappa shape index (κ1) is 15.1. The maximum absolute atomic E-state index is 11.9. The molecule has 0 aliphatic carbocycles. The number of hydrogen-bond donors (Lipinski definition) is 0. The van der Waals surface area contributed by atoms with Gasteiger partial charge in [-0.2, -0.15) is 0 Å². The van der Waals surface area contributed by atoms with Crippen molar-refractivity contribution >= 4 is 17.6 Å². The lowest BCUT2D eigenvalue weighted by atomic mass is 9.86. The van der Waals surface area contributed by atoms with E-state index >= 15 is 0 Å². The van der Waals surface area contributed by atoms with Gasteiger partial charge in [0.25, 0.3) is 0 Å². The highest BCUT2D eigenvalue weighted by molar-refractivity contribution is 6.32. The molecule has 1 heterocycles. The lowest BCUT2D eigenvalue weighted by molar-refractivity contribution is -0.150. The fourth-order valence-corrected chi connectivity index (χ4v) is 2.60. The van der Waals surface area contributed by atoms with Gasteiger partial charge >= 0.3 is 5.97 Å². The summed E-state index contributed by atoms with van der Waals surface area (Å²) in [5.74, 6) is 0.318. The number of benzene rings is 1. The minimum Gasteiger partial charge on any atom is -0.491 e. The van der Waals surface area contributed by atoms with E-state index in [-0.39, 0.29) is 24.4 Å². The van der Waals surface area contributed by atoms with E-state index in [0.717, 1.165) is 12.8 Å². The molecular formula is C15H19ClO4. The molecule has 110 valence electrons. The Kier molecular flexibility index (Phi) is 5.68. The number of rotatable bonds is 5. The number of carbonyl (C=O) groups excluding carboxylic acids is 1. The highest BCUT2D eigenvalue weighted by atomic mass is 35.5. The molecule has 0 N–H and O–H groups in total. The summed E-state index contributed by atoms with van der Waals surface area (Å²) < 4.78 is 15.9. The van der Waals surface area contributed by atoms with Crippen LogP contribution >= 0.6 is 11.6 Å². The Morgan fingerprint density at radius 2 is 2.10 bits per heavy atom. The average molecular weight is 299 g/mol. The quantitative estimate of drug-likeness (QED) is 0.784. The molecule has 1 unspecified atom stereocenters. The van der Waals surface area contributed by atoms with Gasteiger partial charge < -0.3 is 14.2 Å². The van der Waals surface area contributed by atoms with Crippen LogP contribution < -0.4 is 4.74 Å². The predicted molar refractivity (Wildman–Crippen MR) is 76.0 cm³/mol. The van der Waals surface area contributed by atoms with Crippen LogP contribution in [0.4, 0.5) is 0 Å². The van der Waals surface area contributed by atoms with Crippen molar-refractivity contribution in [3.05, 3.63) is 29.3 Å². The van der Waals surface area contributed by atoms with Crippen molar-refractivity contribution in [1.82, 2.24) is 0 Å². The highest BCUT2D eigenvalue weighted by Gasteiger charge is 2.31. The van der Waals surface area contributed by atoms with Gasteiger partial charge in [0, 0.05) is 13.2 Å².